The number of benzene rings is 1. The van der Waals surface area contributed by atoms with Crippen molar-refractivity contribution in [2.24, 2.45) is 0 Å². The van der Waals surface area contributed by atoms with Gasteiger partial charge in [-0.15, -0.1) is 0 Å². The molecule has 0 saturated carbocycles. The van der Waals surface area contributed by atoms with E-state index in [-0.39, 0.29) is 11.3 Å². The summed E-state index contributed by atoms with van der Waals surface area (Å²) in [4.78, 5) is 17.7. The fourth-order valence-corrected chi connectivity index (χ4v) is 2.13. The zero-order valence-corrected chi connectivity index (χ0v) is 11.6. The maximum atomic E-state index is 13.8. The number of Topliss-reactive ketones (excluding diaryl/α,β-unsaturated/α-hetero) is 1. The number of anilines is 1. The molecular weight excluding hydrogens is 255 g/mol. The predicted molar refractivity (Wildman–Crippen MR) is 77.6 cm³/mol. The molecule has 2 rings (SSSR count). The van der Waals surface area contributed by atoms with Gasteiger partial charge in [0.1, 0.15) is 5.82 Å². The number of pyridine rings is 1. The van der Waals surface area contributed by atoms with Crippen LogP contribution in [0.25, 0.3) is 0 Å². The third-order valence-corrected chi connectivity index (χ3v) is 3.18. The van der Waals surface area contributed by atoms with E-state index in [1.54, 1.807) is 18.3 Å². The minimum Gasteiger partial charge on any atom is -0.374 e. The Kier molecular flexibility index (Phi) is 4.45. The van der Waals surface area contributed by atoms with Crippen molar-refractivity contribution in [1.82, 2.24) is 4.98 Å². The molecule has 0 bridgehead atoms. The fourth-order valence-electron chi connectivity index (χ4n) is 2.13. The Balaban J connectivity index is 2.15. The largest absolute Gasteiger partial charge is 0.374 e. The molecule has 0 unspecified atom stereocenters. The summed E-state index contributed by atoms with van der Waals surface area (Å²) in [5.74, 6) is -0.734. The number of likely N-dealkylation sites (N-methyl/N-ethyl adjacent to an activating group) is 1. The van der Waals surface area contributed by atoms with Crippen molar-refractivity contribution in [3.05, 3.63) is 59.7 Å². The van der Waals surface area contributed by atoms with Gasteiger partial charge in [-0.05, 0) is 31.2 Å². The quantitative estimate of drug-likeness (QED) is 0.784. The van der Waals surface area contributed by atoms with Gasteiger partial charge >= 0.3 is 0 Å². The normalized spacial score (nSPS) is 10.3. The van der Waals surface area contributed by atoms with Gasteiger partial charge < -0.3 is 4.90 Å². The van der Waals surface area contributed by atoms with Crippen LogP contribution in [-0.4, -0.2) is 24.4 Å². The molecule has 0 fully saturated rings. The average molecular weight is 272 g/mol. The van der Waals surface area contributed by atoms with Gasteiger partial charge in [0.05, 0.1) is 11.3 Å². The first-order valence-electron chi connectivity index (χ1n) is 6.50. The van der Waals surface area contributed by atoms with Crippen LogP contribution in [0.5, 0.6) is 0 Å². The summed E-state index contributed by atoms with van der Waals surface area (Å²) in [7, 11) is 1.85. The molecule has 0 saturated heterocycles. The molecule has 0 spiro atoms. The number of halogens is 1. The lowest BCUT2D eigenvalue weighted by Gasteiger charge is -2.21. The molecule has 104 valence electrons. The van der Waals surface area contributed by atoms with Gasteiger partial charge in [-0.3, -0.25) is 9.78 Å². The van der Waals surface area contributed by atoms with E-state index >= 15 is 0 Å². The Hall–Kier alpha value is -2.23. The van der Waals surface area contributed by atoms with Gasteiger partial charge in [0.2, 0.25) is 0 Å². The van der Waals surface area contributed by atoms with Crippen LogP contribution in [0.3, 0.4) is 0 Å². The van der Waals surface area contributed by atoms with E-state index in [0.29, 0.717) is 12.2 Å². The molecule has 0 radical (unpaired) electrons. The monoisotopic (exact) mass is 272 g/mol. The smallest absolute Gasteiger partial charge is 0.164 e. The van der Waals surface area contributed by atoms with E-state index in [4.69, 9.17) is 0 Å². The molecule has 0 N–H and O–H groups in total. The van der Waals surface area contributed by atoms with E-state index in [2.05, 4.69) is 4.98 Å². The molecule has 0 aliphatic carbocycles. The summed E-state index contributed by atoms with van der Waals surface area (Å²) in [6, 6.07) is 10.4. The first kappa shape index (κ1) is 14.2. The van der Waals surface area contributed by atoms with Gasteiger partial charge in [0, 0.05) is 31.9 Å². The highest BCUT2D eigenvalue weighted by molar-refractivity contribution is 6.00. The number of nitrogens with zero attached hydrogens (tertiary/aromatic N) is 2. The molecule has 0 aliphatic rings. The Bertz CT molecular complexity index is 599. The third-order valence-electron chi connectivity index (χ3n) is 3.18. The predicted octanol–water partition coefficient (Wildman–Crippen LogP) is 3.10. The molecule has 0 atom stereocenters. The number of aromatic nitrogens is 1. The van der Waals surface area contributed by atoms with E-state index < -0.39 is 5.82 Å². The van der Waals surface area contributed by atoms with Crippen LogP contribution in [0.4, 0.5) is 10.1 Å². The van der Waals surface area contributed by atoms with Crippen LogP contribution >= 0.6 is 0 Å². The highest BCUT2D eigenvalue weighted by Gasteiger charge is 2.15. The number of carbonyl (C=O) groups is 1. The standard InChI is InChI=1S/C16H17FN2O/c1-12(20)16-14(17)7-5-8-15(16)19(2)11-9-13-6-3-4-10-18-13/h3-8,10H,9,11H2,1-2H3. The van der Waals surface area contributed by atoms with Crippen molar-refractivity contribution in [3.8, 4) is 0 Å². The van der Waals surface area contributed by atoms with Crippen molar-refractivity contribution >= 4 is 11.5 Å². The molecule has 2 aromatic rings. The van der Waals surface area contributed by atoms with E-state index in [1.807, 2.05) is 30.1 Å². The van der Waals surface area contributed by atoms with Crippen molar-refractivity contribution < 1.29 is 9.18 Å². The van der Waals surface area contributed by atoms with Gasteiger partial charge in [0.15, 0.2) is 5.78 Å². The summed E-state index contributed by atoms with van der Waals surface area (Å²) >= 11 is 0. The number of ketones is 1. The molecule has 1 aromatic carbocycles. The van der Waals surface area contributed by atoms with Gasteiger partial charge in [-0.25, -0.2) is 4.39 Å². The van der Waals surface area contributed by atoms with E-state index in [0.717, 1.165) is 12.1 Å². The summed E-state index contributed by atoms with van der Waals surface area (Å²) in [6.07, 6.45) is 2.49. The average Bonchev–Trinajstić information content (AvgIpc) is 2.45. The molecule has 1 heterocycles. The van der Waals surface area contributed by atoms with Crippen LogP contribution in [0.15, 0.2) is 42.6 Å². The number of carbonyl (C=O) groups excluding carboxylic acids is 1. The van der Waals surface area contributed by atoms with Crippen molar-refractivity contribution in [1.29, 1.82) is 0 Å². The number of hydrogen-bond acceptors (Lipinski definition) is 3. The Morgan fingerprint density at radius 1 is 1.25 bits per heavy atom. The molecule has 3 nitrogen and oxygen atoms in total. The zero-order chi connectivity index (χ0) is 14.5. The topological polar surface area (TPSA) is 33.2 Å². The van der Waals surface area contributed by atoms with Crippen LogP contribution < -0.4 is 4.90 Å². The third kappa shape index (κ3) is 3.20. The number of hydrogen-bond donors (Lipinski definition) is 0. The minimum atomic E-state index is -0.473. The second-order valence-corrected chi connectivity index (χ2v) is 4.68. The zero-order valence-electron chi connectivity index (χ0n) is 11.6. The Morgan fingerprint density at radius 2 is 2.05 bits per heavy atom. The van der Waals surface area contributed by atoms with Gasteiger partial charge in [-0.1, -0.05) is 12.1 Å². The van der Waals surface area contributed by atoms with Crippen LogP contribution in [-0.2, 0) is 6.42 Å². The number of rotatable bonds is 5. The highest BCUT2D eigenvalue weighted by atomic mass is 19.1. The first-order valence-corrected chi connectivity index (χ1v) is 6.50. The van der Waals surface area contributed by atoms with Crippen LogP contribution in [0.2, 0.25) is 0 Å². The minimum absolute atomic E-state index is 0.149. The lowest BCUT2D eigenvalue weighted by atomic mass is 10.1. The Labute approximate surface area is 118 Å². The first-order chi connectivity index (χ1) is 9.59. The SMILES string of the molecule is CC(=O)c1c(F)cccc1N(C)CCc1ccccn1. The second kappa shape index (κ2) is 6.28. The maximum absolute atomic E-state index is 13.8. The molecule has 1 aromatic heterocycles. The molecule has 0 amide bonds. The van der Waals surface area contributed by atoms with Gasteiger partial charge in [-0.2, -0.15) is 0 Å². The summed E-state index contributed by atoms with van der Waals surface area (Å²) in [5.41, 5.74) is 1.74. The Morgan fingerprint density at radius 3 is 2.70 bits per heavy atom. The van der Waals surface area contributed by atoms with Crippen LogP contribution in [0, 0.1) is 5.82 Å². The second-order valence-electron chi connectivity index (χ2n) is 4.68. The molecular formula is C16H17FN2O. The lowest BCUT2D eigenvalue weighted by molar-refractivity contribution is 0.101. The molecule has 20 heavy (non-hydrogen) atoms. The fraction of sp³-hybridized carbons (Fsp3) is 0.250. The van der Waals surface area contributed by atoms with E-state index in [9.17, 15) is 9.18 Å². The summed E-state index contributed by atoms with van der Waals surface area (Å²) in [5, 5.41) is 0. The van der Waals surface area contributed by atoms with Gasteiger partial charge in [0.25, 0.3) is 0 Å². The summed E-state index contributed by atoms with van der Waals surface area (Å²) < 4.78 is 13.8. The molecule has 0 aliphatic heterocycles. The molecule has 4 heteroatoms. The lowest BCUT2D eigenvalue weighted by Crippen LogP contribution is -2.23. The van der Waals surface area contributed by atoms with E-state index in [1.165, 1.54) is 13.0 Å². The van der Waals surface area contributed by atoms with Crippen molar-refractivity contribution in [2.75, 3.05) is 18.5 Å². The van der Waals surface area contributed by atoms with Crippen molar-refractivity contribution in [3.63, 3.8) is 0 Å². The maximum Gasteiger partial charge on any atom is 0.164 e. The highest BCUT2D eigenvalue weighted by Crippen LogP contribution is 2.23. The summed E-state index contributed by atoms with van der Waals surface area (Å²) in [6.45, 7) is 2.05. The van der Waals surface area contributed by atoms with Crippen LogP contribution in [0.1, 0.15) is 23.0 Å². The van der Waals surface area contributed by atoms with Crippen molar-refractivity contribution in [2.45, 2.75) is 13.3 Å².